The zero-order chi connectivity index (χ0) is 29.7. The van der Waals surface area contributed by atoms with Gasteiger partial charge in [0.15, 0.2) is 0 Å². The van der Waals surface area contributed by atoms with Crippen molar-refractivity contribution in [3.05, 3.63) is 106 Å². The van der Waals surface area contributed by atoms with E-state index in [0.29, 0.717) is 17.0 Å². The average Bonchev–Trinajstić information content (AvgIpc) is 3.47. The second-order valence-corrected chi connectivity index (χ2v) is 10.1. The number of methoxy groups -OCH3 is 1. The molecule has 4 rings (SSSR count). The summed E-state index contributed by atoms with van der Waals surface area (Å²) in [6.07, 6.45) is 2.79. The number of aromatic carboxylic acids is 1. The van der Waals surface area contributed by atoms with Crippen molar-refractivity contribution in [1.29, 1.82) is 0 Å². The van der Waals surface area contributed by atoms with Gasteiger partial charge in [-0.15, -0.1) is 0 Å². The standard InChI is InChI=1S/C32H34N4O5/c1-19-12-23(18-37)13-20(2)25(19)15-27(33)31(38)36(17-22-10-11-29(41-4)26(14-22)32(39)40)21(3)30-34-16-28(35-30)24-8-6-5-7-9-24/h5-14,16,18,21,27H,15,17,33H2,1-4H3,(H,34,35)(H,39,40). The highest BCUT2D eigenvalue weighted by molar-refractivity contribution is 5.91. The lowest BCUT2D eigenvalue weighted by Gasteiger charge is -2.31. The Balaban J connectivity index is 1.68. The van der Waals surface area contributed by atoms with E-state index in [-0.39, 0.29) is 30.2 Å². The molecule has 0 aliphatic heterocycles. The normalized spacial score (nSPS) is 12.4. The Kier molecular flexibility index (Phi) is 8.99. The summed E-state index contributed by atoms with van der Waals surface area (Å²) in [4.78, 5) is 46.6. The minimum atomic E-state index is -1.13. The molecule has 1 amide bonds. The van der Waals surface area contributed by atoms with Crippen LogP contribution in [0.25, 0.3) is 11.3 Å². The number of aromatic amines is 1. The topological polar surface area (TPSA) is 139 Å². The molecule has 0 bridgehead atoms. The fourth-order valence-electron chi connectivity index (χ4n) is 5.02. The second kappa shape index (κ2) is 12.6. The molecule has 2 unspecified atom stereocenters. The summed E-state index contributed by atoms with van der Waals surface area (Å²) in [5, 5.41) is 9.69. The molecule has 212 valence electrons. The van der Waals surface area contributed by atoms with Gasteiger partial charge in [-0.05, 0) is 79.3 Å². The number of aromatic nitrogens is 2. The van der Waals surface area contributed by atoms with Crippen LogP contribution in [0.5, 0.6) is 5.75 Å². The van der Waals surface area contributed by atoms with Gasteiger partial charge in [0.1, 0.15) is 23.4 Å². The number of carbonyl (C=O) groups is 3. The second-order valence-electron chi connectivity index (χ2n) is 10.1. The quantitative estimate of drug-likeness (QED) is 0.225. The Hall–Kier alpha value is -4.76. The molecule has 3 aromatic carbocycles. The van der Waals surface area contributed by atoms with Crippen molar-refractivity contribution in [1.82, 2.24) is 14.9 Å². The van der Waals surface area contributed by atoms with Gasteiger partial charge in [0.25, 0.3) is 0 Å². The lowest BCUT2D eigenvalue weighted by atomic mass is 9.94. The van der Waals surface area contributed by atoms with E-state index in [2.05, 4.69) is 9.97 Å². The Morgan fingerprint density at radius 2 is 1.78 bits per heavy atom. The lowest BCUT2D eigenvalue weighted by molar-refractivity contribution is -0.135. The lowest BCUT2D eigenvalue weighted by Crippen LogP contribution is -2.46. The zero-order valence-corrected chi connectivity index (χ0v) is 23.5. The summed E-state index contributed by atoms with van der Waals surface area (Å²) >= 11 is 0. The van der Waals surface area contributed by atoms with E-state index < -0.39 is 18.1 Å². The van der Waals surface area contributed by atoms with E-state index in [4.69, 9.17) is 10.5 Å². The van der Waals surface area contributed by atoms with Gasteiger partial charge in [-0.3, -0.25) is 9.59 Å². The van der Waals surface area contributed by atoms with Crippen molar-refractivity contribution in [2.45, 2.75) is 45.8 Å². The number of rotatable bonds is 11. The fraction of sp³-hybridized carbons (Fsp3) is 0.250. The zero-order valence-electron chi connectivity index (χ0n) is 23.5. The first-order valence-electron chi connectivity index (χ1n) is 13.2. The number of nitrogens with zero attached hydrogens (tertiary/aromatic N) is 2. The van der Waals surface area contributed by atoms with Gasteiger partial charge in [-0.25, -0.2) is 9.78 Å². The monoisotopic (exact) mass is 554 g/mol. The van der Waals surface area contributed by atoms with Crippen LogP contribution >= 0.6 is 0 Å². The SMILES string of the molecule is COc1ccc(CN(C(=O)C(N)Cc2c(C)cc(C=O)cc2C)C(C)c2ncc(-c3ccccc3)[nH]2)cc1C(=O)O. The van der Waals surface area contributed by atoms with Crippen LogP contribution in [-0.4, -0.2) is 51.3 Å². The molecule has 0 fully saturated rings. The number of hydrogen-bond acceptors (Lipinski definition) is 6. The molecule has 0 aliphatic rings. The molecule has 0 saturated carbocycles. The summed E-state index contributed by atoms with van der Waals surface area (Å²) in [6, 6.07) is 16.7. The number of carboxylic acid groups (broad SMARTS) is 1. The van der Waals surface area contributed by atoms with Gasteiger partial charge in [-0.2, -0.15) is 0 Å². The number of nitrogens with one attached hydrogen (secondary N) is 1. The van der Waals surface area contributed by atoms with Gasteiger partial charge >= 0.3 is 5.97 Å². The Labute approximate surface area is 239 Å². The van der Waals surface area contributed by atoms with Gasteiger partial charge in [0, 0.05) is 12.1 Å². The van der Waals surface area contributed by atoms with E-state index >= 15 is 0 Å². The highest BCUT2D eigenvalue weighted by atomic mass is 16.5. The molecule has 0 saturated heterocycles. The van der Waals surface area contributed by atoms with Gasteiger partial charge in [0.2, 0.25) is 5.91 Å². The van der Waals surface area contributed by atoms with E-state index in [0.717, 1.165) is 34.2 Å². The predicted molar refractivity (Wildman–Crippen MR) is 156 cm³/mol. The molecule has 1 aromatic heterocycles. The predicted octanol–water partition coefficient (Wildman–Crippen LogP) is 4.87. The molecule has 9 nitrogen and oxygen atoms in total. The highest BCUT2D eigenvalue weighted by Crippen LogP contribution is 2.27. The Bertz CT molecular complexity index is 1540. The number of nitrogens with two attached hydrogens (primary N) is 1. The third-order valence-electron chi connectivity index (χ3n) is 7.27. The van der Waals surface area contributed by atoms with Crippen LogP contribution in [-0.2, 0) is 17.8 Å². The molecule has 0 spiro atoms. The Morgan fingerprint density at radius 1 is 1.10 bits per heavy atom. The molecular weight excluding hydrogens is 520 g/mol. The fourth-order valence-corrected chi connectivity index (χ4v) is 5.02. The number of benzene rings is 3. The third kappa shape index (κ3) is 6.53. The number of aldehydes is 1. The maximum absolute atomic E-state index is 14.0. The molecule has 0 aliphatic carbocycles. The van der Waals surface area contributed by atoms with Crippen LogP contribution in [0.4, 0.5) is 0 Å². The van der Waals surface area contributed by atoms with Crippen molar-refractivity contribution in [2.75, 3.05) is 7.11 Å². The number of imidazole rings is 1. The minimum absolute atomic E-state index is 0.000213. The first-order valence-corrected chi connectivity index (χ1v) is 13.2. The van der Waals surface area contributed by atoms with Crippen LogP contribution in [0.15, 0.2) is 66.9 Å². The maximum atomic E-state index is 14.0. The number of carbonyl (C=O) groups excluding carboxylic acids is 2. The smallest absolute Gasteiger partial charge is 0.339 e. The molecule has 2 atom stereocenters. The summed E-state index contributed by atoms with van der Waals surface area (Å²) < 4.78 is 5.20. The van der Waals surface area contributed by atoms with Crippen LogP contribution in [0.3, 0.4) is 0 Å². The van der Waals surface area contributed by atoms with Crippen LogP contribution in [0.2, 0.25) is 0 Å². The van der Waals surface area contributed by atoms with Crippen molar-refractivity contribution in [3.63, 3.8) is 0 Å². The minimum Gasteiger partial charge on any atom is -0.496 e. The average molecular weight is 555 g/mol. The summed E-state index contributed by atoms with van der Waals surface area (Å²) in [5.41, 5.74) is 12.2. The molecule has 9 heteroatoms. The van der Waals surface area contributed by atoms with Crippen molar-refractivity contribution >= 4 is 18.2 Å². The number of hydrogen-bond donors (Lipinski definition) is 3. The summed E-state index contributed by atoms with van der Waals surface area (Å²) in [5.74, 6) is -0.651. The van der Waals surface area contributed by atoms with Gasteiger partial charge in [-0.1, -0.05) is 36.4 Å². The number of H-pyrrole nitrogens is 1. The number of aryl methyl sites for hydroxylation is 2. The van der Waals surface area contributed by atoms with Crippen molar-refractivity contribution < 1.29 is 24.2 Å². The molecule has 0 radical (unpaired) electrons. The summed E-state index contributed by atoms with van der Waals surface area (Å²) in [6.45, 7) is 5.74. The number of carboxylic acids is 1. The first-order chi connectivity index (χ1) is 19.6. The Morgan fingerprint density at radius 3 is 2.39 bits per heavy atom. The number of ether oxygens (including phenoxy) is 1. The molecule has 1 heterocycles. The third-order valence-corrected chi connectivity index (χ3v) is 7.27. The van der Waals surface area contributed by atoms with E-state index in [9.17, 15) is 19.5 Å². The van der Waals surface area contributed by atoms with Crippen LogP contribution < -0.4 is 10.5 Å². The van der Waals surface area contributed by atoms with Crippen molar-refractivity contribution in [3.8, 4) is 17.0 Å². The van der Waals surface area contributed by atoms with E-state index in [1.807, 2.05) is 51.1 Å². The van der Waals surface area contributed by atoms with E-state index in [1.165, 1.54) is 13.2 Å². The molecule has 4 N–H and O–H groups in total. The van der Waals surface area contributed by atoms with Gasteiger partial charge < -0.3 is 25.5 Å². The van der Waals surface area contributed by atoms with Crippen LogP contribution in [0, 0.1) is 13.8 Å². The largest absolute Gasteiger partial charge is 0.496 e. The summed E-state index contributed by atoms with van der Waals surface area (Å²) in [7, 11) is 1.41. The number of amides is 1. The van der Waals surface area contributed by atoms with Crippen LogP contribution in [0.1, 0.15) is 61.8 Å². The van der Waals surface area contributed by atoms with E-state index in [1.54, 1.807) is 35.4 Å². The van der Waals surface area contributed by atoms with Crippen molar-refractivity contribution in [2.24, 2.45) is 5.73 Å². The maximum Gasteiger partial charge on any atom is 0.339 e. The molecule has 4 aromatic rings. The van der Waals surface area contributed by atoms with Gasteiger partial charge in [0.05, 0.1) is 31.1 Å². The highest BCUT2D eigenvalue weighted by Gasteiger charge is 2.29. The molecule has 41 heavy (non-hydrogen) atoms. The molecular formula is C32H34N4O5. The first kappa shape index (κ1) is 29.2.